The monoisotopic (exact) mass is 461 g/mol. The Morgan fingerprint density at radius 2 is 1.72 bits per heavy atom. The van der Waals surface area contributed by atoms with Gasteiger partial charge in [0.15, 0.2) is 5.11 Å². The van der Waals surface area contributed by atoms with Crippen molar-refractivity contribution in [1.82, 2.24) is 15.5 Å². The van der Waals surface area contributed by atoms with Crippen LogP contribution in [0.15, 0.2) is 0 Å². The molecule has 3 saturated carbocycles. The Labute approximate surface area is 199 Å². The third-order valence-electron chi connectivity index (χ3n) is 9.78. The standard InChI is InChI=1S/C26H43N3O2S/c1-15(2)27-24(32)29(16(3)4)23(31)20-9-8-18-17-7-10-21-26(6,14-12-22(30)28-21)19(17)11-13-25(18,20)5/h15-21H,7-14H2,1-6H3,(H,27,32)(H,28,30)/t17-,18-,19-,20+,21+,25-,26+/m0/s1. The molecule has 4 fully saturated rings. The molecule has 1 heterocycles. The number of hydrogen-bond donors (Lipinski definition) is 2. The first-order chi connectivity index (χ1) is 15.0. The van der Waals surface area contributed by atoms with Gasteiger partial charge in [0.1, 0.15) is 0 Å². The number of nitrogens with one attached hydrogen (secondary N) is 2. The van der Waals surface area contributed by atoms with Crippen LogP contribution in [0.3, 0.4) is 0 Å². The lowest BCUT2D eigenvalue weighted by Crippen LogP contribution is -2.61. The van der Waals surface area contributed by atoms with E-state index in [2.05, 4.69) is 52.2 Å². The number of fused-ring (bicyclic) bond motifs is 5. The molecule has 0 bridgehead atoms. The van der Waals surface area contributed by atoms with Crippen molar-refractivity contribution in [2.24, 2.45) is 34.5 Å². The van der Waals surface area contributed by atoms with Crippen LogP contribution < -0.4 is 10.6 Å². The van der Waals surface area contributed by atoms with Crippen molar-refractivity contribution in [2.45, 2.75) is 111 Å². The maximum Gasteiger partial charge on any atom is 0.232 e. The molecule has 0 radical (unpaired) electrons. The zero-order chi connectivity index (χ0) is 23.4. The molecule has 2 N–H and O–H groups in total. The molecule has 5 nitrogen and oxygen atoms in total. The molecule has 3 aliphatic carbocycles. The van der Waals surface area contributed by atoms with E-state index >= 15 is 0 Å². The van der Waals surface area contributed by atoms with Crippen molar-refractivity contribution < 1.29 is 9.59 Å². The van der Waals surface area contributed by atoms with E-state index in [-0.39, 0.29) is 40.6 Å². The highest BCUT2D eigenvalue weighted by molar-refractivity contribution is 7.80. The van der Waals surface area contributed by atoms with Crippen LogP contribution in [0, 0.1) is 34.5 Å². The summed E-state index contributed by atoms with van der Waals surface area (Å²) in [5.41, 5.74) is 0.271. The van der Waals surface area contributed by atoms with Gasteiger partial charge >= 0.3 is 0 Å². The normalized spacial score (nSPS) is 40.9. The fourth-order valence-electron chi connectivity index (χ4n) is 8.18. The summed E-state index contributed by atoms with van der Waals surface area (Å²) in [6.07, 6.45) is 8.39. The van der Waals surface area contributed by atoms with Crippen LogP contribution in [-0.4, -0.2) is 40.0 Å². The predicted octanol–water partition coefficient (Wildman–Crippen LogP) is 4.64. The number of carbonyl (C=O) groups is 2. The van der Waals surface area contributed by atoms with Gasteiger partial charge in [0.2, 0.25) is 11.8 Å². The first kappa shape index (κ1) is 24.0. The molecule has 1 saturated heterocycles. The molecule has 4 aliphatic rings. The summed E-state index contributed by atoms with van der Waals surface area (Å²) >= 11 is 5.66. The van der Waals surface area contributed by atoms with Crippen LogP contribution in [0.4, 0.5) is 0 Å². The zero-order valence-electron chi connectivity index (χ0n) is 20.9. The van der Waals surface area contributed by atoms with Crippen molar-refractivity contribution >= 4 is 29.1 Å². The second kappa shape index (κ2) is 8.56. The van der Waals surface area contributed by atoms with Gasteiger partial charge in [-0.25, -0.2) is 0 Å². The van der Waals surface area contributed by atoms with Crippen molar-refractivity contribution in [3.63, 3.8) is 0 Å². The number of amides is 2. The second-order valence-corrected chi connectivity index (χ2v) is 12.5. The van der Waals surface area contributed by atoms with Crippen LogP contribution >= 0.6 is 12.2 Å². The summed E-state index contributed by atoms with van der Waals surface area (Å²) in [5.74, 6) is 2.46. The van der Waals surface area contributed by atoms with Crippen LogP contribution in [0.2, 0.25) is 0 Å². The Morgan fingerprint density at radius 1 is 1.03 bits per heavy atom. The van der Waals surface area contributed by atoms with Gasteiger partial charge in [-0.2, -0.15) is 0 Å². The molecule has 0 aromatic rings. The minimum absolute atomic E-state index is 0.0550. The zero-order valence-corrected chi connectivity index (χ0v) is 21.7. The van der Waals surface area contributed by atoms with Gasteiger partial charge in [-0.15, -0.1) is 0 Å². The molecule has 2 amide bonds. The van der Waals surface area contributed by atoms with Crippen LogP contribution in [0.1, 0.15) is 92.9 Å². The quantitative estimate of drug-likeness (QED) is 0.601. The summed E-state index contributed by atoms with van der Waals surface area (Å²) in [5, 5.41) is 7.20. The molecule has 0 aromatic carbocycles. The van der Waals surface area contributed by atoms with E-state index in [4.69, 9.17) is 12.2 Å². The number of nitrogens with zero attached hydrogens (tertiary/aromatic N) is 1. The highest BCUT2D eigenvalue weighted by Crippen LogP contribution is 2.65. The molecule has 32 heavy (non-hydrogen) atoms. The minimum atomic E-state index is 0.0550. The molecule has 6 heteroatoms. The average Bonchev–Trinajstić information content (AvgIpc) is 3.05. The second-order valence-electron chi connectivity index (χ2n) is 12.2. The summed E-state index contributed by atoms with van der Waals surface area (Å²) in [6, 6.07) is 0.607. The summed E-state index contributed by atoms with van der Waals surface area (Å²) in [7, 11) is 0. The molecule has 0 unspecified atom stereocenters. The molecule has 4 rings (SSSR count). The van der Waals surface area contributed by atoms with E-state index < -0.39 is 0 Å². The van der Waals surface area contributed by atoms with Gasteiger partial charge in [0, 0.05) is 30.5 Å². The van der Waals surface area contributed by atoms with Gasteiger partial charge in [-0.3, -0.25) is 14.5 Å². The summed E-state index contributed by atoms with van der Waals surface area (Å²) < 4.78 is 0. The molecule has 0 aromatic heterocycles. The van der Waals surface area contributed by atoms with E-state index in [0.29, 0.717) is 35.3 Å². The fraction of sp³-hybridized carbons (Fsp3) is 0.885. The number of hydrogen-bond acceptors (Lipinski definition) is 3. The number of carbonyl (C=O) groups excluding carboxylic acids is 2. The largest absolute Gasteiger partial charge is 0.360 e. The third-order valence-corrected chi connectivity index (χ3v) is 10.1. The van der Waals surface area contributed by atoms with Crippen LogP contribution in [0.25, 0.3) is 0 Å². The molecule has 7 atom stereocenters. The summed E-state index contributed by atoms with van der Waals surface area (Å²) in [6.45, 7) is 13.1. The highest BCUT2D eigenvalue weighted by atomic mass is 32.1. The van der Waals surface area contributed by atoms with Crippen LogP contribution in [0.5, 0.6) is 0 Å². The Bertz CT molecular complexity index is 783. The lowest BCUT2D eigenvalue weighted by atomic mass is 9.47. The number of piperidine rings is 1. The molecule has 1 aliphatic heterocycles. The van der Waals surface area contributed by atoms with E-state index in [9.17, 15) is 9.59 Å². The maximum absolute atomic E-state index is 13.9. The smallest absolute Gasteiger partial charge is 0.232 e. The Kier molecular flexibility index (Phi) is 6.41. The molecular weight excluding hydrogens is 418 g/mol. The van der Waals surface area contributed by atoms with Gasteiger partial charge in [0.05, 0.1) is 0 Å². The predicted molar refractivity (Wildman–Crippen MR) is 132 cm³/mol. The van der Waals surface area contributed by atoms with Gasteiger partial charge < -0.3 is 10.6 Å². The van der Waals surface area contributed by atoms with Crippen molar-refractivity contribution in [3.8, 4) is 0 Å². The lowest BCUT2D eigenvalue weighted by Gasteiger charge is -2.60. The Morgan fingerprint density at radius 3 is 2.38 bits per heavy atom. The number of thiocarbonyl (C=S) groups is 1. The maximum atomic E-state index is 13.9. The van der Waals surface area contributed by atoms with E-state index in [1.54, 1.807) is 0 Å². The van der Waals surface area contributed by atoms with Crippen molar-refractivity contribution in [1.29, 1.82) is 0 Å². The van der Waals surface area contributed by atoms with Crippen molar-refractivity contribution in [2.75, 3.05) is 0 Å². The average molecular weight is 462 g/mol. The third kappa shape index (κ3) is 3.78. The highest BCUT2D eigenvalue weighted by Gasteiger charge is 2.61. The first-order valence-electron chi connectivity index (χ1n) is 12.9. The van der Waals surface area contributed by atoms with Gasteiger partial charge in [0.25, 0.3) is 0 Å². The molecule has 180 valence electrons. The Balaban J connectivity index is 1.55. The van der Waals surface area contributed by atoms with E-state index in [0.717, 1.165) is 32.1 Å². The number of rotatable bonds is 3. The Hall–Kier alpha value is -1.17. The fourth-order valence-corrected chi connectivity index (χ4v) is 8.72. The summed E-state index contributed by atoms with van der Waals surface area (Å²) in [4.78, 5) is 27.8. The van der Waals surface area contributed by atoms with E-state index in [1.165, 1.54) is 12.8 Å². The first-order valence-corrected chi connectivity index (χ1v) is 13.3. The minimum Gasteiger partial charge on any atom is -0.360 e. The van der Waals surface area contributed by atoms with Gasteiger partial charge in [-0.05, 0) is 113 Å². The SMILES string of the molecule is CC(C)NC(=S)N(C(=O)[C@H]1CC[C@H]2[C@@H]3CC[C@H]4NC(=O)CC[C@]4(C)[C@H]3CC[C@]12C)C(C)C. The molecule has 0 spiro atoms. The van der Waals surface area contributed by atoms with Crippen molar-refractivity contribution in [3.05, 3.63) is 0 Å². The lowest BCUT2D eigenvalue weighted by molar-refractivity contribution is -0.145. The topological polar surface area (TPSA) is 61.4 Å². The van der Waals surface area contributed by atoms with E-state index in [1.807, 2.05) is 4.90 Å². The van der Waals surface area contributed by atoms with Gasteiger partial charge in [-0.1, -0.05) is 13.8 Å². The van der Waals surface area contributed by atoms with Crippen LogP contribution in [-0.2, 0) is 9.59 Å². The molecular formula is C26H43N3O2S.